The van der Waals surface area contributed by atoms with E-state index in [1.54, 1.807) is 30.3 Å². The fraction of sp³-hybridized carbons (Fsp3) is 0.500. The van der Waals surface area contributed by atoms with Crippen molar-refractivity contribution in [1.82, 2.24) is 0 Å². The summed E-state index contributed by atoms with van der Waals surface area (Å²) >= 11 is 0. The normalized spacial score (nSPS) is 25.5. The summed E-state index contributed by atoms with van der Waals surface area (Å²) in [4.78, 5) is 46.4. The van der Waals surface area contributed by atoms with E-state index >= 15 is 0 Å². The Morgan fingerprint density at radius 2 is 1.30 bits per heavy atom. The fourth-order valence-electron chi connectivity index (χ4n) is 2.92. The number of para-hydroxylation sites is 1. The molecular weight excluding hydrogens is 400 g/mol. The highest BCUT2D eigenvalue weighted by molar-refractivity contribution is 5.68. The predicted molar refractivity (Wildman–Crippen MR) is 99.0 cm³/mol. The number of hydrogen-bond donors (Lipinski definition) is 0. The molecule has 1 aliphatic heterocycles. The van der Waals surface area contributed by atoms with Gasteiger partial charge in [-0.05, 0) is 12.1 Å². The second kappa shape index (κ2) is 10.6. The van der Waals surface area contributed by atoms with Crippen LogP contribution in [0.4, 0.5) is 0 Å². The Hall–Kier alpha value is -3.14. The van der Waals surface area contributed by atoms with Crippen molar-refractivity contribution in [2.45, 2.75) is 58.4 Å². The van der Waals surface area contributed by atoms with Crippen LogP contribution >= 0.6 is 0 Å². The van der Waals surface area contributed by atoms with E-state index in [9.17, 15) is 19.2 Å². The number of hydrogen-bond acceptors (Lipinski definition) is 10. The van der Waals surface area contributed by atoms with Gasteiger partial charge in [-0.25, -0.2) is 0 Å². The van der Waals surface area contributed by atoms with E-state index in [4.69, 9.17) is 28.4 Å². The van der Waals surface area contributed by atoms with Crippen LogP contribution in [0.15, 0.2) is 30.3 Å². The van der Waals surface area contributed by atoms with Gasteiger partial charge < -0.3 is 28.4 Å². The van der Waals surface area contributed by atoms with Gasteiger partial charge in [0.15, 0.2) is 12.2 Å². The van der Waals surface area contributed by atoms with Gasteiger partial charge in [0, 0.05) is 27.7 Å². The van der Waals surface area contributed by atoms with Crippen molar-refractivity contribution >= 4 is 23.9 Å². The molecule has 1 aromatic rings. The van der Waals surface area contributed by atoms with E-state index in [-0.39, 0.29) is 6.61 Å². The third-order valence-corrected chi connectivity index (χ3v) is 3.94. The molecule has 2 rings (SSSR count). The molecule has 0 amide bonds. The smallest absolute Gasteiger partial charge is 0.303 e. The van der Waals surface area contributed by atoms with Crippen LogP contribution < -0.4 is 4.74 Å². The SMILES string of the molecule is CC(=O)OC[C@H]1O[C@@H](Oc2ccccc2)[C@@H](OC(C)=O)[C@@H](OC(C)=O)[C@H]1OC(C)=O. The molecule has 164 valence electrons. The quantitative estimate of drug-likeness (QED) is 0.465. The molecule has 1 fully saturated rings. The molecule has 1 saturated heterocycles. The molecule has 0 N–H and O–H groups in total. The molecule has 0 aliphatic carbocycles. The van der Waals surface area contributed by atoms with Crippen LogP contribution in [0, 0.1) is 0 Å². The van der Waals surface area contributed by atoms with E-state index in [1.165, 1.54) is 6.92 Å². The van der Waals surface area contributed by atoms with E-state index in [2.05, 4.69) is 0 Å². The first kappa shape index (κ1) is 23.1. The number of ether oxygens (including phenoxy) is 6. The molecule has 10 nitrogen and oxygen atoms in total. The van der Waals surface area contributed by atoms with Gasteiger partial charge >= 0.3 is 23.9 Å². The van der Waals surface area contributed by atoms with Crippen LogP contribution in [0.1, 0.15) is 27.7 Å². The summed E-state index contributed by atoms with van der Waals surface area (Å²) < 4.78 is 32.6. The number of carbonyl (C=O) groups excluding carboxylic acids is 4. The molecule has 10 heteroatoms. The summed E-state index contributed by atoms with van der Waals surface area (Å²) in [7, 11) is 0. The first-order valence-corrected chi connectivity index (χ1v) is 9.19. The van der Waals surface area contributed by atoms with Crippen molar-refractivity contribution in [2.75, 3.05) is 6.61 Å². The van der Waals surface area contributed by atoms with E-state index < -0.39 is 54.6 Å². The monoisotopic (exact) mass is 424 g/mol. The predicted octanol–water partition coefficient (Wildman–Crippen LogP) is 1.15. The first-order chi connectivity index (χ1) is 14.2. The number of benzene rings is 1. The van der Waals surface area contributed by atoms with Crippen LogP contribution in [0.2, 0.25) is 0 Å². The van der Waals surface area contributed by atoms with Gasteiger partial charge in [-0.2, -0.15) is 0 Å². The van der Waals surface area contributed by atoms with Crippen molar-refractivity contribution in [2.24, 2.45) is 0 Å². The highest BCUT2D eigenvalue weighted by atomic mass is 16.7. The summed E-state index contributed by atoms with van der Waals surface area (Å²) in [6.07, 6.45) is -6.04. The minimum absolute atomic E-state index is 0.313. The van der Waals surface area contributed by atoms with Crippen LogP contribution in [-0.2, 0) is 42.9 Å². The van der Waals surface area contributed by atoms with Gasteiger partial charge in [0.2, 0.25) is 12.4 Å². The Bertz CT molecular complexity index is 762. The molecule has 1 aliphatic rings. The second-order valence-corrected chi connectivity index (χ2v) is 6.50. The largest absolute Gasteiger partial charge is 0.463 e. The van der Waals surface area contributed by atoms with E-state index in [0.29, 0.717) is 5.75 Å². The lowest BCUT2D eigenvalue weighted by atomic mass is 9.98. The summed E-state index contributed by atoms with van der Waals surface area (Å²) in [6, 6.07) is 8.52. The zero-order chi connectivity index (χ0) is 22.3. The maximum Gasteiger partial charge on any atom is 0.303 e. The average molecular weight is 424 g/mol. The van der Waals surface area contributed by atoms with Gasteiger partial charge in [-0.1, -0.05) is 18.2 Å². The first-order valence-electron chi connectivity index (χ1n) is 9.19. The molecule has 0 saturated carbocycles. The van der Waals surface area contributed by atoms with Crippen LogP contribution in [-0.4, -0.2) is 61.2 Å². The van der Waals surface area contributed by atoms with Gasteiger partial charge in [-0.3, -0.25) is 19.2 Å². The zero-order valence-corrected chi connectivity index (χ0v) is 17.1. The minimum Gasteiger partial charge on any atom is -0.463 e. The summed E-state index contributed by atoms with van der Waals surface area (Å²) in [5.74, 6) is -2.30. The standard InChI is InChI=1S/C20H24O10/c1-11(21)25-10-16-17(26-12(2)22)18(27-13(3)23)19(28-14(4)24)20(30-16)29-15-8-6-5-7-9-15/h5-9,16-20H,10H2,1-4H3/t16-,17+,18+,19+,20-/m1/s1. The highest BCUT2D eigenvalue weighted by Gasteiger charge is 2.53. The van der Waals surface area contributed by atoms with Crippen molar-refractivity contribution in [1.29, 1.82) is 0 Å². The van der Waals surface area contributed by atoms with Crippen LogP contribution in [0.25, 0.3) is 0 Å². The van der Waals surface area contributed by atoms with E-state index in [1.807, 2.05) is 0 Å². The fourth-order valence-corrected chi connectivity index (χ4v) is 2.92. The lowest BCUT2D eigenvalue weighted by Crippen LogP contribution is -2.63. The third-order valence-electron chi connectivity index (χ3n) is 3.94. The molecule has 1 aromatic carbocycles. The molecule has 1 heterocycles. The summed E-state index contributed by atoms with van der Waals surface area (Å²) in [6.45, 7) is 4.36. The molecule has 5 atom stereocenters. The third kappa shape index (κ3) is 6.73. The Morgan fingerprint density at radius 3 is 1.83 bits per heavy atom. The Morgan fingerprint density at radius 1 is 0.767 bits per heavy atom. The Labute approximate surface area is 173 Å². The van der Waals surface area contributed by atoms with Gasteiger partial charge in [-0.15, -0.1) is 0 Å². The van der Waals surface area contributed by atoms with Crippen LogP contribution in [0.3, 0.4) is 0 Å². The molecule has 0 aromatic heterocycles. The van der Waals surface area contributed by atoms with Crippen LogP contribution in [0.5, 0.6) is 5.75 Å². The summed E-state index contributed by atoms with van der Waals surface area (Å²) in [5.41, 5.74) is 0. The number of esters is 4. The van der Waals surface area contributed by atoms with Crippen molar-refractivity contribution < 1.29 is 47.6 Å². The molecular formula is C20H24O10. The topological polar surface area (TPSA) is 124 Å². The van der Waals surface area contributed by atoms with Gasteiger partial charge in [0.05, 0.1) is 0 Å². The molecule has 30 heavy (non-hydrogen) atoms. The molecule has 0 radical (unpaired) electrons. The Balaban J connectivity index is 2.42. The lowest BCUT2D eigenvalue weighted by molar-refractivity contribution is -0.288. The van der Waals surface area contributed by atoms with Gasteiger partial charge in [0.1, 0.15) is 18.5 Å². The maximum atomic E-state index is 11.7. The average Bonchev–Trinajstić information content (AvgIpc) is 2.64. The molecule has 0 spiro atoms. The van der Waals surface area contributed by atoms with Crippen molar-refractivity contribution in [3.63, 3.8) is 0 Å². The number of carbonyl (C=O) groups is 4. The molecule has 0 bridgehead atoms. The summed E-state index contributed by atoms with van der Waals surface area (Å²) in [5, 5.41) is 0. The van der Waals surface area contributed by atoms with Crippen molar-refractivity contribution in [3.05, 3.63) is 30.3 Å². The number of rotatable bonds is 7. The van der Waals surface area contributed by atoms with E-state index in [0.717, 1.165) is 20.8 Å². The second-order valence-electron chi connectivity index (χ2n) is 6.50. The highest BCUT2D eigenvalue weighted by Crippen LogP contribution is 2.30. The van der Waals surface area contributed by atoms with Crippen molar-refractivity contribution in [3.8, 4) is 5.75 Å². The van der Waals surface area contributed by atoms with Gasteiger partial charge in [0.25, 0.3) is 0 Å². The molecule has 0 unspecified atom stereocenters. The zero-order valence-electron chi connectivity index (χ0n) is 17.1. The Kier molecular flexibility index (Phi) is 8.16. The lowest BCUT2D eigenvalue weighted by Gasteiger charge is -2.43. The maximum absolute atomic E-state index is 11.7. The minimum atomic E-state index is -1.27.